The van der Waals surface area contributed by atoms with Gasteiger partial charge in [-0.15, -0.1) is 0 Å². The summed E-state index contributed by atoms with van der Waals surface area (Å²) >= 11 is 0. The molecule has 0 unspecified atom stereocenters. The molecule has 0 saturated carbocycles. The Balaban J connectivity index is 1.81. The molecule has 29 heavy (non-hydrogen) atoms. The van der Waals surface area contributed by atoms with Crippen LogP contribution in [0.1, 0.15) is 21.7 Å². The highest BCUT2D eigenvalue weighted by Crippen LogP contribution is 2.18. The minimum atomic E-state index is -0.685. The van der Waals surface area contributed by atoms with Crippen molar-refractivity contribution in [1.82, 2.24) is 10.6 Å². The lowest BCUT2D eigenvalue weighted by Crippen LogP contribution is -2.34. The maximum Gasteiger partial charge on any atom is 0.433 e. The zero-order chi connectivity index (χ0) is 20.6. The third-order valence-electron chi connectivity index (χ3n) is 3.90. The second kappa shape index (κ2) is 9.14. The average Bonchev–Trinajstić information content (AvgIpc) is 3.22. The second-order valence-corrected chi connectivity index (χ2v) is 5.98. The molecule has 0 atom stereocenters. The largest absolute Gasteiger partial charge is 0.433 e. The summed E-state index contributed by atoms with van der Waals surface area (Å²) in [6, 6.07) is 20.1. The lowest BCUT2D eigenvalue weighted by Gasteiger charge is -2.11. The summed E-state index contributed by atoms with van der Waals surface area (Å²) in [5.41, 5.74) is 1.14. The molecule has 0 aliphatic rings. The van der Waals surface area contributed by atoms with Gasteiger partial charge in [-0.25, -0.2) is 0 Å². The molecule has 0 aliphatic heterocycles. The standard InChI is InChI=1S/C21H17N3O5/c25-20(16-9-5-2-6-10-16)23-18(13-17-11-12-19(29-17)24(27)28)21(26)22-14-15-7-3-1-4-8-15/h1-13H,14H2,(H,22,26)(H,23,25). The van der Waals surface area contributed by atoms with Gasteiger partial charge in [-0.2, -0.15) is 0 Å². The third-order valence-corrected chi connectivity index (χ3v) is 3.90. The molecule has 0 bridgehead atoms. The van der Waals surface area contributed by atoms with Crippen LogP contribution in [0.5, 0.6) is 0 Å². The molecular weight excluding hydrogens is 374 g/mol. The molecule has 0 aliphatic carbocycles. The Labute approximate surface area is 166 Å². The molecule has 0 spiro atoms. The predicted molar refractivity (Wildman–Crippen MR) is 106 cm³/mol. The van der Waals surface area contributed by atoms with Crippen LogP contribution in [0, 0.1) is 10.1 Å². The number of benzene rings is 2. The van der Waals surface area contributed by atoms with E-state index in [9.17, 15) is 19.7 Å². The molecule has 0 saturated heterocycles. The molecule has 0 fully saturated rings. The normalized spacial score (nSPS) is 11.0. The van der Waals surface area contributed by atoms with E-state index in [2.05, 4.69) is 10.6 Å². The maximum absolute atomic E-state index is 12.7. The quantitative estimate of drug-likeness (QED) is 0.364. The smallest absolute Gasteiger partial charge is 0.401 e. The van der Waals surface area contributed by atoms with Crippen LogP contribution in [-0.4, -0.2) is 16.7 Å². The molecule has 8 nitrogen and oxygen atoms in total. The van der Waals surface area contributed by atoms with Crippen molar-refractivity contribution >= 4 is 23.8 Å². The van der Waals surface area contributed by atoms with Crippen molar-refractivity contribution in [2.75, 3.05) is 0 Å². The number of hydrogen-bond acceptors (Lipinski definition) is 5. The lowest BCUT2D eigenvalue weighted by molar-refractivity contribution is -0.402. The van der Waals surface area contributed by atoms with Crippen molar-refractivity contribution in [3.05, 3.63) is 105 Å². The fraction of sp³-hybridized carbons (Fsp3) is 0.0476. The van der Waals surface area contributed by atoms with Crippen molar-refractivity contribution in [1.29, 1.82) is 0 Å². The Bertz CT molecular complexity index is 1040. The topological polar surface area (TPSA) is 114 Å². The lowest BCUT2D eigenvalue weighted by atomic mass is 10.2. The zero-order valence-electron chi connectivity index (χ0n) is 15.2. The van der Waals surface area contributed by atoms with Crippen LogP contribution >= 0.6 is 0 Å². The van der Waals surface area contributed by atoms with Crippen LogP contribution in [0.3, 0.4) is 0 Å². The molecule has 8 heteroatoms. The van der Waals surface area contributed by atoms with E-state index in [0.717, 1.165) is 5.56 Å². The van der Waals surface area contributed by atoms with E-state index in [1.54, 1.807) is 30.3 Å². The van der Waals surface area contributed by atoms with E-state index in [4.69, 9.17) is 4.42 Å². The monoisotopic (exact) mass is 391 g/mol. The van der Waals surface area contributed by atoms with Crippen LogP contribution in [0.4, 0.5) is 5.88 Å². The number of amides is 2. The number of nitrogens with zero attached hydrogens (tertiary/aromatic N) is 1. The maximum atomic E-state index is 12.7. The van der Waals surface area contributed by atoms with E-state index in [1.165, 1.54) is 18.2 Å². The fourth-order valence-electron chi connectivity index (χ4n) is 2.48. The Morgan fingerprint density at radius 3 is 2.24 bits per heavy atom. The van der Waals surface area contributed by atoms with E-state index < -0.39 is 22.6 Å². The minimum absolute atomic E-state index is 0.0647. The van der Waals surface area contributed by atoms with Gasteiger partial charge in [0, 0.05) is 18.2 Å². The van der Waals surface area contributed by atoms with Crippen molar-refractivity contribution < 1.29 is 18.9 Å². The Kier molecular flexibility index (Phi) is 6.16. The van der Waals surface area contributed by atoms with E-state index in [1.807, 2.05) is 30.3 Å². The van der Waals surface area contributed by atoms with Crippen LogP contribution in [-0.2, 0) is 11.3 Å². The van der Waals surface area contributed by atoms with Crippen molar-refractivity contribution in [3.63, 3.8) is 0 Å². The Morgan fingerprint density at radius 1 is 0.966 bits per heavy atom. The van der Waals surface area contributed by atoms with Gasteiger partial charge in [-0.05, 0) is 23.8 Å². The van der Waals surface area contributed by atoms with Gasteiger partial charge in [0.25, 0.3) is 11.8 Å². The number of carbonyl (C=O) groups is 2. The van der Waals surface area contributed by atoms with Gasteiger partial charge < -0.3 is 15.1 Å². The van der Waals surface area contributed by atoms with Gasteiger partial charge in [0.2, 0.25) is 0 Å². The number of nitro groups is 1. The summed E-state index contributed by atoms with van der Waals surface area (Å²) in [5.74, 6) is -1.45. The molecule has 3 rings (SSSR count). The van der Waals surface area contributed by atoms with E-state index in [0.29, 0.717) is 5.56 Å². The van der Waals surface area contributed by atoms with Crippen molar-refractivity contribution in [2.24, 2.45) is 0 Å². The molecule has 146 valence electrons. The third kappa shape index (κ3) is 5.39. The zero-order valence-corrected chi connectivity index (χ0v) is 15.2. The van der Waals surface area contributed by atoms with Gasteiger partial charge in [0.05, 0.1) is 6.07 Å². The highest BCUT2D eigenvalue weighted by atomic mass is 16.6. The molecule has 2 amide bonds. The van der Waals surface area contributed by atoms with Gasteiger partial charge in [0.1, 0.15) is 16.4 Å². The Hall–Kier alpha value is -4.20. The average molecular weight is 391 g/mol. The van der Waals surface area contributed by atoms with E-state index in [-0.39, 0.29) is 18.0 Å². The van der Waals surface area contributed by atoms with Crippen LogP contribution < -0.4 is 10.6 Å². The van der Waals surface area contributed by atoms with Crippen molar-refractivity contribution in [3.8, 4) is 0 Å². The van der Waals surface area contributed by atoms with Crippen molar-refractivity contribution in [2.45, 2.75) is 6.54 Å². The first kappa shape index (κ1) is 19.6. The number of carbonyl (C=O) groups excluding carboxylic acids is 2. The van der Waals surface area contributed by atoms with Crippen LogP contribution in [0.25, 0.3) is 6.08 Å². The van der Waals surface area contributed by atoms with Gasteiger partial charge in [-0.1, -0.05) is 48.5 Å². The molecule has 2 N–H and O–H groups in total. The van der Waals surface area contributed by atoms with Gasteiger partial charge in [-0.3, -0.25) is 19.7 Å². The SMILES string of the molecule is O=C(NCc1ccccc1)C(=Cc1ccc([N+](=O)[O-])o1)NC(=O)c1ccccc1. The molecule has 1 heterocycles. The van der Waals surface area contributed by atoms with E-state index >= 15 is 0 Å². The molecule has 0 radical (unpaired) electrons. The van der Waals surface area contributed by atoms with Gasteiger partial charge in [0.15, 0.2) is 0 Å². The number of nitrogens with one attached hydrogen (secondary N) is 2. The fourth-order valence-corrected chi connectivity index (χ4v) is 2.48. The Morgan fingerprint density at radius 2 is 1.62 bits per heavy atom. The number of hydrogen-bond donors (Lipinski definition) is 2. The van der Waals surface area contributed by atoms with Gasteiger partial charge >= 0.3 is 5.88 Å². The molecular formula is C21H17N3O5. The first-order valence-corrected chi connectivity index (χ1v) is 8.67. The highest BCUT2D eigenvalue weighted by Gasteiger charge is 2.17. The second-order valence-electron chi connectivity index (χ2n) is 5.98. The van der Waals surface area contributed by atoms with Crippen LogP contribution in [0.15, 0.2) is 82.9 Å². The summed E-state index contributed by atoms with van der Waals surface area (Å²) in [6.07, 6.45) is 1.24. The first-order chi connectivity index (χ1) is 14.0. The van der Waals surface area contributed by atoms with Crippen LogP contribution in [0.2, 0.25) is 0 Å². The summed E-state index contributed by atoms with van der Waals surface area (Å²) in [4.78, 5) is 35.2. The summed E-state index contributed by atoms with van der Waals surface area (Å²) in [7, 11) is 0. The highest BCUT2D eigenvalue weighted by molar-refractivity contribution is 6.05. The summed E-state index contributed by atoms with van der Waals surface area (Å²) < 4.78 is 5.07. The first-order valence-electron chi connectivity index (χ1n) is 8.67. The summed E-state index contributed by atoms with van der Waals surface area (Å²) in [5, 5.41) is 16.0. The minimum Gasteiger partial charge on any atom is -0.401 e. The molecule has 1 aromatic heterocycles. The number of furan rings is 1. The molecule has 2 aromatic carbocycles. The predicted octanol–water partition coefficient (Wildman–Crippen LogP) is 3.28. The summed E-state index contributed by atoms with van der Waals surface area (Å²) in [6.45, 7) is 0.247. The number of rotatable bonds is 7. The molecule has 3 aromatic rings.